The third-order valence-electron chi connectivity index (χ3n) is 2.33. The first-order valence-corrected chi connectivity index (χ1v) is 5.83. The van der Waals surface area contributed by atoms with Crippen molar-refractivity contribution in [3.05, 3.63) is 27.7 Å². The second kappa shape index (κ2) is 5.73. The molecule has 1 aromatic carbocycles. The molecule has 17 heavy (non-hydrogen) atoms. The van der Waals surface area contributed by atoms with Crippen molar-refractivity contribution < 1.29 is 17.9 Å². The summed E-state index contributed by atoms with van der Waals surface area (Å²) >= 11 is 3.14. The van der Waals surface area contributed by atoms with Gasteiger partial charge in [0.25, 0.3) is 0 Å². The Morgan fingerprint density at radius 2 is 2.00 bits per heavy atom. The van der Waals surface area contributed by atoms with Gasteiger partial charge in [0.15, 0.2) is 0 Å². The predicted molar refractivity (Wildman–Crippen MR) is 63.1 cm³/mol. The van der Waals surface area contributed by atoms with Crippen LogP contribution < -0.4 is 10.5 Å². The molecule has 0 fully saturated rings. The van der Waals surface area contributed by atoms with Gasteiger partial charge in [-0.05, 0) is 31.5 Å². The lowest BCUT2D eigenvalue weighted by atomic mass is 10.1. The Balaban J connectivity index is 3.16. The van der Waals surface area contributed by atoms with E-state index < -0.39 is 11.7 Å². The molecule has 0 amide bonds. The van der Waals surface area contributed by atoms with E-state index in [0.717, 1.165) is 12.1 Å². The smallest absolute Gasteiger partial charge is 0.416 e. The van der Waals surface area contributed by atoms with Crippen LogP contribution in [0, 0.1) is 0 Å². The Kier molecular flexibility index (Phi) is 4.82. The number of hydrogen-bond donors (Lipinski definition) is 1. The normalized spacial score (nSPS) is 11.6. The Labute approximate surface area is 106 Å². The number of methoxy groups -OCH3 is 1. The summed E-state index contributed by atoms with van der Waals surface area (Å²) in [6.07, 6.45) is -3.10. The predicted octanol–water partition coefficient (Wildman–Crippen LogP) is 3.37. The second-order valence-electron chi connectivity index (χ2n) is 3.53. The van der Waals surface area contributed by atoms with E-state index >= 15 is 0 Å². The molecule has 0 aliphatic heterocycles. The highest BCUT2D eigenvalue weighted by atomic mass is 79.9. The molecule has 1 aromatic rings. The van der Waals surface area contributed by atoms with Crippen molar-refractivity contribution >= 4 is 15.9 Å². The number of ether oxygens (including phenoxy) is 1. The molecule has 0 atom stereocenters. The molecule has 0 aliphatic carbocycles. The maximum Gasteiger partial charge on any atom is 0.416 e. The van der Waals surface area contributed by atoms with Gasteiger partial charge in [0, 0.05) is 10.0 Å². The Hall–Kier alpha value is -0.750. The Morgan fingerprint density at radius 3 is 2.47 bits per heavy atom. The number of nitrogens with two attached hydrogens (primary N) is 1. The highest BCUT2D eigenvalue weighted by Gasteiger charge is 2.32. The lowest BCUT2D eigenvalue weighted by Gasteiger charge is -2.14. The topological polar surface area (TPSA) is 35.2 Å². The SMILES string of the molecule is COc1cc(C(F)(F)F)cc(Br)c1CCCN. The average Bonchev–Trinajstić information content (AvgIpc) is 2.25. The molecule has 0 radical (unpaired) electrons. The summed E-state index contributed by atoms with van der Waals surface area (Å²) in [4.78, 5) is 0. The zero-order valence-electron chi connectivity index (χ0n) is 9.27. The first kappa shape index (κ1) is 14.3. The summed E-state index contributed by atoms with van der Waals surface area (Å²) in [6, 6.07) is 2.07. The molecule has 1 rings (SSSR count). The Morgan fingerprint density at radius 1 is 1.35 bits per heavy atom. The van der Waals surface area contributed by atoms with Crippen LogP contribution in [0.15, 0.2) is 16.6 Å². The van der Waals surface area contributed by atoms with Crippen molar-refractivity contribution in [2.45, 2.75) is 19.0 Å². The fourth-order valence-electron chi connectivity index (χ4n) is 1.48. The van der Waals surface area contributed by atoms with Crippen molar-refractivity contribution in [2.24, 2.45) is 5.73 Å². The highest BCUT2D eigenvalue weighted by Crippen LogP contribution is 2.37. The Bertz CT molecular complexity index is 393. The van der Waals surface area contributed by atoms with Crippen LogP contribution in [-0.2, 0) is 12.6 Å². The summed E-state index contributed by atoms with van der Waals surface area (Å²) in [5, 5.41) is 0. The van der Waals surface area contributed by atoms with Crippen molar-refractivity contribution in [2.75, 3.05) is 13.7 Å². The molecule has 0 heterocycles. The van der Waals surface area contributed by atoms with Crippen molar-refractivity contribution in [3.8, 4) is 5.75 Å². The zero-order chi connectivity index (χ0) is 13.1. The third-order valence-corrected chi connectivity index (χ3v) is 3.04. The van der Waals surface area contributed by atoms with Crippen LogP contribution in [0.5, 0.6) is 5.75 Å². The van der Waals surface area contributed by atoms with Gasteiger partial charge in [0.1, 0.15) is 5.75 Å². The van der Waals surface area contributed by atoms with E-state index in [4.69, 9.17) is 10.5 Å². The van der Waals surface area contributed by atoms with Gasteiger partial charge in [-0.1, -0.05) is 15.9 Å². The van der Waals surface area contributed by atoms with Gasteiger partial charge in [-0.15, -0.1) is 0 Å². The lowest BCUT2D eigenvalue weighted by molar-refractivity contribution is -0.137. The van der Waals surface area contributed by atoms with Gasteiger partial charge in [-0.25, -0.2) is 0 Å². The minimum absolute atomic E-state index is 0.236. The first-order valence-electron chi connectivity index (χ1n) is 5.03. The van der Waals surface area contributed by atoms with E-state index in [9.17, 15) is 13.2 Å². The molecule has 0 aromatic heterocycles. The van der Waals surface area contributed by atoms with E-state index in [-0.39, 0.29) is 5.75 Å². The van der Waals surface area contributed by atoms with Crippen LogP contribution in [-0.4, -0.2) is 13.7 Å². The third kappa shape index (κ3) is 3.61. The highest BCUT2D eigenvalue weighted by molar-refractivity contribution is 9.10. The summed E-state index contributed by atoms with van der Waals surface area (Å²) in [5.41, 5.74) is 5.37. The molecule has 0 saturated heterocycles. The van der Waals surface area contributed by atoms with Gasteiger partial charge in [-0.3, -0.25) is 0 Å². The van der Waals surface area contributed by atoms with Gasteiger partial charge in [-0.2, -0.15) is 13.2 Å². The number of rotatable bonds is 4. The monoisotopic (exact) mass is 311 g/mol. The van der Waals surface area contributed by atoms with Crippen LogP contribution in [0.4, 0.5) is 13.2 Å². The van der Waals surface area contributed by atoms with Crippen LogP contribution in [0.2, 0.25) is 0 Å². The van der Waals surface area contributed by atoms with Crippen molar-refractivity contribution in [1.29, 1.82) is 0 Å². The molecule has 96 valence electrons. The summed E-state index contributed by atoms with van der Waals surface area (Å²) in [6.45, 7) is 0.483. The molecule has 0 unspecified atom stereocenters. The molecule has 6 heteroatoms. The van der Waals surface area contributed by atoms with Crippen LogP contribution in [0.3, 0.4) is 0 Å². The van der Waals surface area contributed by atoms with Gasteiger partial charge >= 0.3 is 6.18 Å². The van der Waals surface area contributed by atoms with Gasteiger partial charge < -0.3 is 10.5 Å². The van der Waals surface area contributed by atoms with E-state index in [1.165, 1.54) is 7.11 Å². The standard InChI is InChI=1S/C11H13BrF3NO/c1-17-10-6-7(11(13,14)15)5-9(12)8(10)3-2-4-16/h5-6H,2-4,16H2,1H3. The molecular weight excluding hydrogens is 299 g/mol. The number of hydrogen-bond acceptors (Lipinski definition) is 2. The quantitative estimate of drug-likeness (QED) is 0.925. The minimum Gasteiger partial charge on any atom is -0.496 e. The minimum atomic E-state index is -4.37. The largest absolute Gasteiger partial charge is 0.496 e. The van der Waals surface area contributed by atoms with Crippen LogP contribution >= 0.6 is 15.9 Å². The van der Waals surface area contributed by atoms with E-state index in [1.54, 1.807) is 0 Å². The molecule has 0 saturated carbocycles. The van der Waals surface area contributed by atoms with Crippen LogP contribution in [0.25, 0.3) is 0 Å². The van der Waals surface area contributed by atoms with E-state index in [2.05, 4.69) is 15.9 Å². The summed E-state index contributed by atoms with van der Waals surface area (Å²) < 4.78 is 43.1. The fraction of sp³-hybridized carbons (Fsp3) is 0.455. The zero-order valence-corrected chi connectivity index (χ0v) is 10.9. The number of halogens is 4. The van der Waals surface area contributed by atoms with Gasteiger partial charge in [0.05, 0.1) is 12.7 Å². The van der Waals surface area contributed by atoms with Crippen LogP contribution in [0.1, 0.15) is 17.5 Å². The maximum absolute atomic E-state index is 12.6. The first-order chi connectivity index (χ1) is 7.90. The van der Waals surface area contributed by atoms with E-state index in [1.807, 2.05) is 0 Å². The average molecular weight is 312 g/mol. The van der Waals surface area contributed by atoms with Crippen molar-refractivity contribution in [3.63, 3.8) is 0 Å². The number of alkyl halides is 3. The number of benzene rings is 1. The molecule has 0 bridgehead atoms. The molecule has 0 spiro atoms. The maximum atomic E-state index is 12.6. The lowest BCUT2D eigenvalue weighted by Crippen LogP contribution is -2.08. The molecule has 2 N–H and O–H groups in total. The van der Waals surface area contributed by atoms with E-state index in [0.29, 0.717) is 29.4 Å². The second-order valence-corrected chi connectivity index (χ2v) is 4.38. The fourth-order valence-corrected chi connectivity index (χ4v) is 2.12. The molecule has 0 aliphatic rings. The molecule has 2 nitrogen and oxygen atoms in total. The summed E-state index contributed by atoms with van der Waals surface area (Å²) in [5.74, 6) is 0.236. The molecular formula is C11H13BrF3NO. The van der Waals surface area contributed by atoms with Crippen molar-refractivity contribution in [1.82, 2.24) is 0 Å². The van der Waals surface area contributed by atoms with Gasteiger partial charge in [0.2, 0.25) is 0 Å². The summed E-state index contributed by atoms with van der Waals surface area (Å²) in [7, 11) is 1.36.